The molecule has 0 unspecified atom stereocenters. The van der Waals surface area contributed by atoms with Crippen LogP contribution >= 0.6 is 0 Å². The molecule has 0 aromatic carbocycles. The minimum atomic E-state index is -0.139. The molecular formula is C19H36O3. The number of esters is 1. The molecule has 0 aliphatic carbocycles. The number of unbranched alkanes of at least 4 members (excludes halogenated alkanes) is 9. The molecule has 0 bridgehead atoms. The third kappa shape index (κ3) is 17.2. The summed E-state index contributed by atoms with van der Waals surface area (Å²) in [5.41, 5.74) is 0. The first-order chi connectivity index (χ1) is 10.7. The highest BCUT2D eigenvalue weighted by atomic mass is 16.5. The number of carbonyl (C=O) groups is 1. The summed E-state index contributed by atoms with van der Waals surface area (Å²) in [6.07, 6.45) is 19.1. The van der Waals surface area contributed by atoms with Crippen molar-refractivity contribution in [2.24, 2.45) is 0 Å². The summed E-state index contributed by atoms with van der Waals surface area (Å²) in [6, 6.07) is 0. The Bertz CT molecular complexity index is 272. The van der Waals surface area contributed by atoms with Crippen LogP contribution in [0.3, 0.4) is 0 Å². The highest BCUT2D eigenvalue weighted by Crippen LogP contribution is 2.10. The number of methoxy groups -OCH3 is 1. The Hall–Kier alpha value is -0.830. The predicted molar refractivity (Wildman–Crippen MR) is 92.9 cm³/mol. The smallest absolute Gasteiger partial charge is 0.305 e. The van der Waals surface area contributed by atoms with E-state index in [1.165, 1.54) is 58.5 Å². The molecule has 0 aliphatic rings. The number of rotatable bonds is 15. The molecule has 0 rings (SSSR count). The van der Waals surface area contributed by atoms with Gasteiger partial charge in [-0.05, 0) is 45.4 Å². The van der Waals surface area contributed by atoms with E-state index in [9.17, 15) is 4.79 Å². The average molecular weight is 312 g/mol. The van der Waals surface area contributed by atoms with Gasteiger partial charge in [-0.25, -0.2) is 0 Å². The van der Waals surface area contributed by atoms with Gasteiger partial charge in [0.25, 0.3) is 0 Å². The molecule has 0 saturated carbocycles. The van der Waals surface area contributed by atoms with Crippen LogP contribution in [0.2, 0.25) is 0 Å². The molecule has 1 N–H and O–H groups in total. The van der Waals surface area contributed by atoms with Crippen molar-refractivity contribution in [1.82, 2.24) is 0 Å². The van der Waals surface area contributed by atoms with E-state index in [1.54, 1.807) is 0 Å². The van der Waals surface area contributed by atoms with E-state index in [1.807, 2.05) is 6.92 Å². The third-order valence-corrected chi connectivity index (χ3v) is 3.89. The van der Waals surface area contributed by atoms with E-state index in [-0.39, 0.29) is 12.1 Å². The van der Waals surface area contributed by atoms with E-state index < -0.39 is 0 Å². The van der Waals surface area contributed by atoms with Crippen molar-refractivity contribution >= 4 is 5.97 Å². The Labute approximate surface area is 137 Å². The van der Waals surface area contributed by atoms with Crippen molar-refractivity contribution < 1.29 is 14.6 Å². The van der Waals surface area contributed by atoms with Gasteiger partial charge in [-0.3, -0.25) is 4.79 Å². The second-order valence-corrected chi connectivity index (χ2v) is 6.19. The maximum absolute atomic E-state index is 10.9. The number of hydrogen-bond acceptors (Lipinski definition) is 3. The molecule has 3 heteroatoms. The highest BCUT2D eigenvalue weighted by molar-refractivity contribution is 5.68. The molecule has 22 heavy (non-hydrogen) atoms. The fourth-order valence-corrected chi connectivity index (χ4v) is 2.46. The molecule has 0 heterocycles. The number of hydrogen-bond donors (Lipinski definition) is 1. The second kappa shape index (κ2) is 16.5. The summed E-state index contributed by atoms with van der Waals surface area (Å²) in [7, 11) is 1.45. The number of allylic oxidation sites excluding steroid dienone is 2. The third-order valence-electron chi connectivity index (χ3n) is 3.89. The largest absolute Gasteiger partial charge is 0.469 e. The SMILES string of the molecule is COC(=O)CCCCCCC/C=C\CCCCCC[C@@H](C)O. The number of ether oxygens (including phenoxy) is 1. The summed E-state index contributed by atoms with van der Waals surface area (Å²) in [4.78, 5) is 10.9. The van der Waals surface area contributed by atoms with Crippen LogP contribution in [0.4, 0.5) is 0 Å². The molecule has 0 aliphatic heterocycles. The highest BCUT2D eigenvalue weighted by Gasteiger charge is 1.98. The summed E-state index contributed by atoms with van der Waals surface area (Å²) in [5, 5.41) is 9.15. The first-order valence-corrected chi connectivity index (χ1v) is 9.06. The van der Waals surface area contributed by atoms with Gasteiger partial charge < -0.3 is 9.84 Å². The van der Waals surface area contributed by atoms with Crippen LogP contribution in [0.15, 0.2) is 12.2 Å². The van der Waals surface area contributed by atoms with Crippen molar-refractivity contribution in [2.75, 3.05) is 7.11 Å². The Morgan fingerprint density at radius 1 is 0.909 bits per heavy atom. The molecule has 130 valence electrons. The van der Waals surface area contributed by atoms with Crippen LogP contribution in [-0.2, 0) is 9.53 Å². The monoisotopic (exact) mass is 312 g/mol. The number of aliphatic hydroxyl groups is 1. The van der Waals surface area contributed by atoms with Crippen molar-refractivity contribution in [3.63, 3.8) is 0 Å². The maximum Gasteiger partial charge on any atom is 0.305 e. The quantitative estimate of drug-likeness (QED) is 0.258. The topological polar surface area (TPSA) is 46.5 Å². The lowest BCUT2D eigenvalue weighted by Crippen LogP contribution is -1.98. The fourth-order valence-electron chi connectivity index (χ4n) is 2.46. The van der Waals surface area contributed by atoms with E-state index in [2.05, 4.69) is 16.9 Å². The van der Waals surface area contributed by atoms with Crippen molar-refractivity contribution in [2.45, 2.75) is 96.5 Å². The zero-order valence-electron chi connectivity index (χ0n) is 14.7. The van der Waals surface area contributed by atoms with E-state index in [0.29, 0.717) is 6.42 Å². The Balaban J connectivity index is 3.13. The first kappa shape index (κ1) is 21.2. The van der Waals surface area contributed by atoms with Crippen LogP contribution in [-0.4, -0.2) is 24.3 Å². The Morgan fingerprint density at radius 3 is 1.95 bits per heavy atom. The van der Waals surface area contributed by atoms with Gasteiger partial charge in [0, 0.05) is 6.42 Å². The van der Waals surface area contributed by atoms with Gasteiger partial charge in [-0.2, -0.15) is 0 Å². The summed E-state index contributed by atoms with van der Waals surface area (Å²) in [5.74, 6) is -0.0891. The van der Waals surface area contributed by atoms with Crippen LogP contribution in [0.1, 0.15) is 90.4 Å². The van der Waals surface area contributed by atoms with Crippen LogP contribution < -0.4 is 0 Å². The van der Waals surface area contributed by atoms with Crippen molar-refractivity contribution in [1.29, 1.82) is 0 Å². The minimum absolute atomic E-state index is 0.0891. The summed E-state index contributed by atoms with van der Waals surface area (Å²) < 4.78 is 4.61. The molecule has 3 nitrogen and oxygen atoms in total. The van der Waals surface area contributed by atoms with Gasteiger partial charge in [0.15, 0.2) is 0 Å². The predicted octanol–water partition coefficient (Wildman–Crippen LogP) is 5.17. The van der Waals surface area contributed by atoms with Crippen LogP contribution in [0.5, 0.6) is 0 Å². The Kier molecular flexibility index (Phi) is 15.9. The van der Waals surface area contributed by atoms with Crippen LogP contribution in [0.25, 0.3) is 0 Å². The van der Waals surface area contributed by atoms with Gasteiger partial charge in [-0.15, -0.1) is 0 Å². The van der Waals surface area contributed by atoms with Gasteiger partial charge in [0.05, 0.1) is 13.2 Å². The van der Waals surface area contributed by atoms with Crippen LogP contribution in [0, 0.1) is 0 Å². The van der Waals surface area contributed by atoms with E-state index >= 15 is 0 Å². The number of carbonyl (C=O) groups excluding carboxylic acids is 1. The van der Waals surface area contributed by atoms with E-state index in [0.717, 1.165) is 25.7 Å². The standard InChI is InChI=1S/C19H36O3/c1-18(20)16-14-12-10-8-6-4-3-5-7-9-11-13-15-17-19(21)22-2/h3-4,18,20H,5-17H2,1-2H3/b4-3-/t18-/m1/s1. The molecule has 0 amide bonds. The molecular weight excluding hydrogens is 276 g/mol. The first-order valence-electron chi connectivity index (χ1n) is 9.06. The summed E-state index contributed by atoms with van der Waals surface area (Å²) in [6.45, 7) is 1.86. The van der Waals surface area contributed by atoms with Gasteiger partial charge in [-0.1, -0.05) is 50.7 Å². The molecule has 0 aromatic rings. The molecule has 0 radical (unpaired) electrons. The fraction of sp³-hybridized carbons (Fsp3) is 0.842. The van der Waals surface area contributed by atoms with E-state index in [4.69, 9.17) is 5.11 Å². The lowest BCUT2D eigenvalue weighted by molar-refractivity contribution is -0.140. The molecule has 0 fully saturated rings. The van der Waals surface area contributed by atoms with Crippen molar-refractivity contribution in [3.8, 4) is 0 Å². The Morgan fingerprint density at radius 2 is 1.41 bits per heavy atom. The van der Waals surface area contributed by atoms with Gasteiger partial charge >= 0.3 is 5.97 Å². The lowest BCUT2D eigenvalue weighted by Gasteiger charge is -2.02. The second-order valence-electron chi connectivity index (χ2n) is 6.19. The maximum atomic E-state index is 10.9. The molecule has 0 spiro atoms. The normalized spacial score (nSPS) is 12.7. The zero-order valence-corrected chi connectivity index (χ0v) is 14.7. The number of aliphatic hydroxyl groups excluding tert-OH is 1. The van der Waals surface area contributed by atoms with Gasteiger partial charge in [0.2, 0.25) is 0 Å². The molecule has 0 saturated heterocycles. The zero-order chi connectivity index (χ0) is 16.5. The van der Waals surface area contributed by atoms with Crippen molar-refractivity contribution in [3.05, 3.63) is 12.2 Å². The summed E-state index contributed by atoms with van der Waals surface area (Å²) >= 11 is 0. The molecule has 0 aromatic heterocycles. The minimum Gasteiger partial charge on any atom is -0.469 e. The van der Waals surface area contributed by atoms with Gasteiger partial charge in [0.1, 0.15) is 0 Å². The molecule has 1 atom stereocenters. The average Bonchev–Trinajstić information content (AvgIpc) is 2.50. The lowest BCUT2D eigenvalue weighted by atomic mass is 10.1.